The molecule has 2 aromatic heterocycles. The lowest BCUT2D eigenvalue weighted by Gasteiger charge is -1.96. The normalized spacial score (nSPS) is 10.5. The molecule has 0 saturated carbocycles. The summed E-state index contributed by atoms with van der Waals surface area (Å²) in [6.07, 6.45) is 3.29. The van der Waals surface area contributed by atoms with Crippen LogP contribution >= 0.6 is 27.5 Å². The Labute approximate surface area is 81.9 Å². The molecule has 0 saturated heterocycles. The lowest BCUT2D eigenvalue weighted by atomic mass is 10.3. The molecule has 0 atom stereocenters. The van der Waals surface area contributed by atoms with Crippen LogP contribution in [0.1, 0.15) is 0 Å². The van der Waals surface area contributed by atoms with Crippen molar-refractivity contribution in [3.8, 4) is 0 Å². The maximum atomic E-state index is 5.68. The summed E-state index contributed by atoms with van der Waals surface area (Å²) in [5.74, 6) is 0. The van der Waals surface area contributed by atoms with Crippen LogP contribution in [0.2, 0.25) is 5.15 Å². The molecule has 0 bridgehead atoms. The van der Waals surface area contributed by atoms with Crippen LogP contribution in [0.5, 0.6) is 0 Å². The Bertz CT molecular complexity index is 432. The van der Waals surface area contributed by atoms with Crippen molar-refractivity contribution >= 4 is 38.4 Å². The highest BCUT2D eigenvalue weighted by Gasteiger charge is 2.00. The fourth-order valence-corrected chi connectivity index (χ4v) is 1.45. The van der Waals surface area contributed by atoms with Crippen molar-refractivity contribution in [2.24, 2.45) is 0 Å². The Morgan fingerprint density at radius 2 is 2.17 bits per heavy atom. The SMILES string of the molecule is Clc1cc2nncc(Br)c2cn1. The number of rotatable bonds is 0. The summed E-state index contributed by atoms with van der Waals surface area (Å²) in [7, 11) is 0. The maximum Gasteiger partial charge on any atom is 0.131 e. The van der Waals surface area contributed by atoms with Crippen LogP contribution in [0.3, 0.4) is 0 Å². The van der Waals surface area contributed by atoms with E-state index >= 15 is 0 Å². The van der Waals surface area contributed by atoms with Crippen molar-refractivity contribution in [2.75, 3.05) is 0 Å². The number of fused-ring (bicyclic) bond motifs is 1. The van der Waals surface area contributed by atoms with Crippen molar-refractivity contribution in [3.63, 3.8) is 0 Å². The Morgan fingerprint density at radius 3 is 3.00 bits per heavy atom. The summed E-state index contributed by atoms with van der Waals surface area (Å²) in [6.45, 7) is 0. The molecule has 5 heteroatoms. The number of halogens is 2. The Hall–Kier alpha value is -0.740. The number of hydrogen-bond acceptors (Lipinski definition) is 3. The third-order valence-corrected chi connectivity index (χ3v) is 2.28. The zero-order chi connectivity index (χ0) is 8.55. The van der Waals surface area contributed by atoms with Gasteiger partial charge in [0, 0.05) is 22.1 Å². The fourth-order valence-electron chi connectivity index (χ4n) is 0.898. The molecular weight excluding hydrogens is 241 g/mol. The van der Waals surface area contributed by atoms with E-state index in [2.05, 4.69) is 31.1 Å². The van der Waals surface area contributed by atoms with Crippen molar-refractivity contribution in [1.29, 1.82) is 0 Å². The monoisotopic (exact) mass is 243 g/mol. The molecule has 2 heterocycles. The average Bonchev–Trinajstić information content (AvgIpc) is 2.04. The molecule has 2 rings (SSSR count). The predicted octanol–water partition coefficient (Wildman–Crippen LogP) is 2.44. The summed E-state index contributed by atoms with van der Waals surface area (Å²) in [4.78, 5) is 3.94. The Kier molecular flexibility index (Phi) is 1.94. The number of hydrogen-bond donors (Lipinski definition) is 0. The summed E-state index contributed by atoms with van der Waals surface area (Å²) in [6, 6.07) is 1.68. The largest absolute Gasteiger partial charge is 0.244 e. The van der Waals surface area contributed by atoms with E-state index in [1.54, 1.807) is 18.5 Å². The lowest BCUT2D eigenvalue weighted by Crippen LogP contribution is -1.85. The Morgan fingerprint density at radius 1 is 1.33 bits per heavy atom. The minimum Gasteiger partial charge on any atom is -0.244 e. The Balaban J connectivity index is 2.86. The standard InChI is InChI=1S/C7H3BrClN3/c8-5-3-11-12-6-1-7(9)10-2-4(5)6/h1-3H. The quantitative estimate of drug-likeness (QED) is 0.668. The third-order valence-electron chi connectivity index (χ3n) is 1.44. The number of nitrogens with zero attached hydrogens (tertiary/aromatic N) is 3. The predicted molar refractivity (Wildman–Crippen MR) is 50.0 cm³/mol. The first-order valence-electron chi connectivity index (χ1n) is 3.20. The van der Waals surface area contributed by atoms with Gasteiger partial charge in [-0.25, -0.2) is 4.98 Å². The lowest BCUT2D eigenvalue weighted by molar-refractivity contribution is 1.07. The zero-order valence-corrected chi connectivity index (χ0v) is 8.17. The van der Waals surface area contributed by atoms with Gasteiger partial charge in [0.2, 0.25) is 0 Å². The van der Waals surface area contributed by atoms with Crippen LogP contribution in [0.4, 0.5) is 0 Å². The minimum atomic E-state index is 0.426. The maximum absolute atomic E-state index is 5.68. The van der Waals surface area contributed by atoms with Gasteiger partial charge in [-0.15, -0.1) is 0 Å². The topological polar surface area (TPSA) is 38.7 Å². The second-order valence-electron chi connectivity index (χ2n) is 2.22. The summed E-state index contributed by atoms with van der Waals surface area (Å²) >= 11 is 9.01. The van der Waals surface area contributed by atoms with Gasteiger partial charge in [0.15, 0.2) is 0 Å². The molecule has 60 valence electrons. The molecule has 12 heavy (non-hydrogen) atoms. The first kappa shape index (κ1) is 7.89. The molecule has 0 N–H and O–H groups in total. The van der Waals surface area contributed by atoms with E-state index in [-0.39, 0.29) is 0 Å². The molecule has 0 aliphatic carbocycles. The second kappa shape index (κ2) is 2.95. The van der Waals surface area contributed by atoms with Gasteiger partial charge in [-0.2, -0.15) is 10.2 Å². The van der Waals surface area contributed by atoms with E-state index in [0.29, 0.717) is 5.15 Å². The molecule has 0 radical (unpaired) electrons. The van der Waals surface area contributed by atoms with Crippen LogP contribution in [-0.2, 0) is 0 Å². The van der Waals surface area contributed by atoms with Gasteiger partial charge in [0.25, 0.3) is 0 Å². The number of pyridine rings is 1. The number of aromatic nitrogens is 3. The smallest absolute Gasteiger partial charge is 0.131 e. The molecule has 0 amide bonds. The van der Waals surface area contributed by atoms with Crippen LogP contribution in [0, 0.1) is 0 Å². The molecule has 0 aliphatic heterocycles. The van der Waals surface area contributed by atoms with Gasteiger partial charge in [-0.05, 0) is 15.9 Å². The minimum absolute atomic E-state index is 0.426. The summed E-state index contributed by atoms with van der Waals surface area (Å²) in [5.41, 5.74) is 0.740. The first-order valence-corrected chi connectivity index (χ1v) is 4.37. The first-order chi connectivity index (χ1) is 5.77. The van der Waals surface area contributed by atoms with Gasteiger partial charge < -0.3 is 0 Å². The molecule has 0 aliphatic rings. The van der Waals surface area contributed by atoms with Crippen molar-refractivity contribution in [1.82, 2.24) is 15.2 Å². The van der Waals surface area contributed by atoms with E-state index in [4.69, 9.17) is 11.6 Å². The van der Waals surface area contributed by atoms with Crippen molar-refractivity contribution in [3.05, 3.63) is 28.1 Å². The third kappa shape index (κ3) is 1.28. The van der Waals surface area contributed by atoms with Crippen LogP contribution in [0.15, 0.2) is 22.9 Å². The van der Waals surface area contributed by atoms with Crippen molar-refractivity contribution < 1.29 is 0 Å². The van der Waals surface area contributed by atoms with Gasteiger partial charge in [-0.3, -0.25) is 0 Å². The highest BCUT2D eigenvalue weighted by Crippen LogP contribution is 2.21. The van der Waals surface area contributed by atoms with Crippen LogP contribution in [0.25, 0.3) is 10.9 Å². The molecule has 2 aromatic rings. The molecule has 0 unspecified atom stereocenters. The van der Waals surface area contributed by atoms with E-state index in [9.17, 15) is 0 Å². The van der Waals surface area contributed by atoms with Crippen molar-refractivity contribution in [2.45, 2.75) is 0 Å². The second-order valence-corrected chi connectivity index (χ2v) is 3.46. The van der Waals surface area contributed by atoms with E-state index in [1.165, 1.54) is 0 Å². The van der Waals surface area contributed by atoms with Gasteiger partial charge >= 0.3 is 0 Å². The zero-order valence-electron chi connectivity index (χ0n) is 5.83. The molecule has 0 fully saturated rings. The van der Waals surface area contributed by atoms with Gasteiger partial charge in [0.05, 0.1) is 11.7 Å². The van der Waals surface area contributed by atoms with Gasteiger partial charge in [0.1, 0.15) is 5.15 Å². The fraction of sp³-hybridized carbons (Fsp3) is 0. The van der Waals surface area contributed by atoms with Crippen LogP contribution < -0.4 is 0 Å². The van der Waals surface area contributed by atoms with E-state index in [1.807, 2.05) is 0 Å². The van der Waals surface area contributed by atoms with Gasteiger partial charge in [-0.1, -0.05) is 11.6 Å². The molecule has 0 spiro atoms. The molecule has 0 aromatic carbocycles. The highest BCUT2D eigenvalue weighted by molar-refractivity contribution is 9.10. The molecule has 3 nitrogen and oxygen atoms in total. The van der Waals surface area contributed by atoms with E-state index < -0.39 is 0 Å². The summed E-state index contributed by atoms with van der Waals surface area (Å²) < 4.78 is 0.872. The summed E-state index contributed by atoms with van der Waals surface area (Å²) in [5, 5.41) is 9.01. The van der Waals surface area contributed by atoms with Crippen LogP contribution in [-0.4, -0.2) is 15.2 Å². The molecular formula is C7H3BrClN3. The van der Waals surface area contributed by atoms with E-state index in [0.717, 1.165) is 15.4 Å². The highest BCUT2D eigenvalue weighted by atomic mass is 79.9. The average molecular weight is 244 g/mol.